The van der Waals surface area contributed by atoms with Gasteiger partial charge < -0.3 is 25.4 Å². The van der Waals surface area contributed by atoms with Crippen LogP contribution in [0.5, 0.6) is 11.5 Å². The first kappa shape index (κ1) is 29.0. The van der Waals surface area contributed by atoms with Gasteiger partial charge >= 0.3 is 0 Å². The van der Waals surface area contributed by atoms with Gasteiger partial charge in [-0.2, -0.15) is 0 Å². The number of benzene rings is 3. The van der Waals surface area contributed by atoms with Crippen LogP contribution in [-0.2, 0) is 11.4 Å². The molecule has 2 amide bonds. The highest BCUT2D eigenvalue weighted by atomic mass is 16.5. The van der Waals surface area contributed by atoms with E-state index in [1.165, 1.54) is 32.1 Å². The van der Waals surface area contributed by atoms with Crippen molar-refractivity contribution in [2.75, 3.05) is 25.5 Å². The van der Waals surface area contributed by atoms with Gasteiger partial charge in [-0.15, -0.1) is 0 Å². The summed E-state index contributed by atoms with van der Waals surface area (Å²) in [6, 6.07) is 24.1. The Kier molecular flexibility index (Phi) is 11.3. The number of nitrogens with one attached hydrogen (secondary N) is 3. The Labute approximate surface area is 237 Å². The Bertz CT molecular complexity index is 1180. The molecule has 0 unspecified atom stereocenters. The predicted octanol–water partition coefficient (Wildman–Crippen LogP) is 5.96. The van der Waals surface area contributed by atoms with E-state index < -0.39 is 6.04 Å². The average molecular weight is 544 g/mol. The maximum Gasteiger partial charge on any atom is 0.251 e. The molecule has 1 aliphatic carbocycles. The summed E-state index contributed by atoms with van der Waals surface area (Å²) >= 11 is 0. The number of methoxy groups -OCH3 is 1. The molecule has 7 nitrogen and oxygen atoms in total. The molecule has 1 atom stereocenters. The lowest BCUT2D eigenvalue weighted by Gasteiger charge is -2.24. The topological polar surface area (TPSA) is 88.7 Å². The molecule has 0 saturated heterocycles. The highest BCUT2D eigenvalue weighted by Gasteiger charge is 2.23. The minimum atomic E-state index is -0.579. The van der Waals surface area contributed by atoms with Gasteiger partial charge in [-0.05, 0) is 72.9 Å². The van der Waals surface area contributed by atoms with Crippen molar-refractivity contribution in [3.63, 3.8) is 0 Å². The van der Waals surface area contributed by atoms with E-state index in [2.05, 4.69) is 16.0 Å². The fraction of sp³-hybridized carbons (Fsp3) is 0.394. The average Bonchev–Trinajstić information content (AvgIpc) is 3.01. The highest BCUT2D eigenvalue weighted by molar-refractivity contribution is 5.97. The zero-order chi connectivity index (χ0) is 28.0. The van der Waals surface area contributed by atoms with E-state index in [9.17, 15) is 9.59 Å². The Hall–Kier alpha value is -4.00. The summed E-state index contributed by atoms with van der Waals surface area (Å²) in [7, 11) is 1.64. The van der Waals surface area contributed by atoms with Crippen molar-refractivity contribution in [1.82, 2.24) is 10.6 Å². The number of hydrogen-bond donors (Lipinski definition) is 3. The van der Waals surface area contributed by atoms with Gasteiger partial charge in [0.1, 0.15) is 24.1 Å². The van der Waals surface area contributed by atoms with Crippen LogP contribution in [0.4, 0.5) is 5.69 Å². The van der Waals surface area contributed by atoms with Gasteiger partial charge in [0.05, 0.1) is 7.11 Å². The Balaban J connectivity index is 1.29. The summed E-state index contributed by atoms with van der Waals surface area (Å²) in [5, 5.41) is 9.29. The van der Waals surface area contributed by atoms with Crippen LogP contribution in [0.15, 0.2) is 78.9 Å². The molecule has 0 radical (unpaired) electrons. The first-order valence-electron chi connectivity index (χ1n) is 14.3. The molecule has 212 valence electrons. The largest absolute Gasteiger partial charge is 0.497 e. The first-order valence-corrected chi connectivity index (χ1v) is 14.3. The monoisotopic (exact) mass is 543 g/mol. The van der Waals surface area contributed by atoms with Crippen molar-refractivity contribution in [2.24, 2.45) is 5.92 Å². The van der Waals surface area contributed by atoms with Crippen LogP contribution in [0.3, 0.4) is 0 Å². The summed E-state index contributed by atoms with van der Waals surface area (Å²) in [6.07, 6.45) is 7.79. The Morgan fingerprint density at radius 3 is 2.25 bits per heavy atom. The van der Waals surface area contributed by atoms with Gasteiger partial charge in [-0.1, -0.05) is 62.4 Å². The highest BCUT2D eigenvalue weighted by Crippen LogP contribution is 2.28. The summed E-state index contributed by atoms with van der Waals surface area (Å²) < 4.78 is 11.0. The van der Waals surface area contributed by atoms with Crippen LogP contribution in [0.2, 0.25) is 0 Å². The minimum absolute atomic E-state index is 0.150. The number of rotatable bonds is 14. The molecule has 40 heavy (non-hydrogen) atoms. The molecule has 1 aliphatic rings. The zero-order valence-corrected chi connectivity index (χ0v) is 23.4. The maximum atomic E-state index is 13.2. The van der Waals surface area contributed by atoms with Gasteiger partial charge in [0.2, 0.25) is 5.91 Å². The van der Waals surface area contributed by atoms with Crippen molar-refractivity contribution < 1.29 is 19.1 Å². The number of anilines is 1. The standard InChI is InChI=1S/C33H41N3O4/c1-39-29-19-15-28(16-20-29)34-22-23-35-33(38)31(21-12-25-8-4-2-5-9-25)36-32(37)27-13-17-30(18-14-27)40-24-26-10-6-3-7-11-26/h3,6-7,10-11,13-20,25,31,34H,2,4-5,8-9,12,21-24H2,1H3,(H,35,38)(H,36,37)/t31-/m0/s1. The van der Waals surface area contributed by atoms with Crippen molar-refractivity contribution in [3.8, 4) is 11.5 Å². The van der Waals surface area contributed by atoms with Crippen molar-refractivity contribution >= 4 is 17.5 Å². The number of carbonyl (C=O) groups is 2. The third-order valence-corrected chi connectivity index (χ3v) is 7.42. The molecule has 3 aromatic carbocycles. The van der Waals surface area contributed by atoms with E-state index in [-0.39, 0.29) is 11.8 Å². The lowest BCUT2D eigenvalue weighted by molar-refractivity contribution is -0.123. The second kappa shape index (κ2) is 15.6. The minimum Gasteiger partial charge on any atom is -0.497 e. The van der Waals surface area contributed by atoms with Crippen LogP contribution < -0.4 is 25.4 Å². The molecule has 0 heterocycles. The number of ether oxygens (including phenoxy) is 2. The molecule has 0 bridgehead atoms. The van der Waals surface area contributed by atoms with Gasteiger partial charge in [0.25, 0.3) is 5.91 Å². The van der Waals surface area contributed by atoms with Crippen LogP contribution in [0.25, 0.3) is 0 Å². The lowest BCUT2D eigenvalue weighted by atomic mass is 9.85. The van der Waals surface area contributed by atoms with E-state index >= 15 is 0 Å². The van der Waals surface area contributed by atoms with Crippen molar-refractivity contribution in [1.29, 1.82) is 0 Å². The second-order valence-corrected chi connectivity index (χ2v) is 10.4. The third kappa shape index (κ3) is 9.33. The van der Waals surface area contributed by atoms with E-state index in [0.717, 1.165) is 23.4 Å². The summed E-state index contributed by atoms with van der Waals surface area (Å²) in [5.74, 6) is 1.71. The molecule has 7 heteroatoms. The fourth-order valence-electron chi connectivity index (χ4n) is 5.06. The second-order valence-electron chi connectivity index (χ2n) is 10.4. The summed E-state index contributed by atoms with van der Waals surface area (Å²) in [5.41, 5.74) is 2.53. The molecular weight excluding hydrogens is 502 g/mol. The van der Waals surface area contributed by atoms with E-state index in [1.54, 1.807) is 31.4 Å². The van der Waals surface area contributed by atoms with E-state index in [0.29, 0.717) is 43.3 Å². The number of carbonyl (C=O) groups excluding carboxylic acids is 2. The quantitative estimate of drug-likeness (QED) is 0.218. The van der Waals surface area contributed by atoms with Crippen molar-refractivity contribution in [2.45, 2.75) is 57.6 Å². The van der Waals surface area contributed by atoms with Gasteiger partial charge in [0, 0.05) is 24.3 Å². The molecule has 3 aromatic rings. The third-order valence-electron chi connectivity index (χ3n) is 7.42. The predicted molar refractivity (Wildman–Crippen MR) is 159 cm³/mol. The van der Waals surface area contributed by atoms with Crippen LogP contribution in [-0.4, -0.2) is 38.1 Å². The molecule has 4 rings (SSSR count). The van der Waals surface area contributed by atoms with Crippen LogP contribution in [0.1, 0.15) is 60.9 Å². The smallest absolute Gasteiger partial charge is 0.251 e. The Morgan fingerprint density at radius 1 is 0.850 bits per heavy atom. The molecule has 0 aliphatic heterocycles. The van der Waals surface area contributed by atoms with Gasteiger partial charge in [-0.25, -0.2) is 0 Å². The molecule has 0 aromatic heterocycles. The Morgan fingerprint density at radius 2 is 1.55 bits per heavy atom. The van der Waals surface area contributed by atoms with Gasteiger partial charge in [0.15, 0.2) is 0 Å². The zero-order valence-electron chi connectivity index (χ0n) is 23.4. The van der Waals surface area contributed by atoms with Crippen molar-refractivity contribution in [3.05, 3.63) is 90.0 Å². The van der Waals surface area contributed by atoms with Gasteiger partial charge in [-0.3, -0.25) is 9.59 Å². The number of hydrogen-bond acceptors (Lipinski definition) is 5. The lowest BCUT2D eigenvalue weighted by Crippen LogP contribution is -2.47. The normalized spacial score (nSPS) is 14.1. The first-order chi connectivity index (χ1) is 19.6. The maximum absolute atomic E-state index is 13.2. The summed E-state index contributed by atoms with van der Waals surface area (Å²) in [4.78, 5) is 26.3. The van der Waals surface area contributed by atoms with Crippen LogP contribution in [0, 0.1) is 5.92 Å². The molecule has 1 fully saturated rings. The molecule has 1 saturated carbocycles. The molecule has 0 spiro atoms. The number of amides is 2. The molecule has 3 N–H and O–H groups in total. The molecular formula is C33H41N3O4. The fourth-order valence-corrected chi connectivity index (χ4v) is 5.06. The van der Waals surface area contributed by atoms with E-state index in [1.807, 2.05) is 54.6 Å². The van der Waals surface area contributed by atoms with Crippen LogP contribution >= 0.6 is 0 Å². The summed E-state index contributed by atoms with van der Waals surface area (Å²) in [6.45, 7) is 1.49. The SMILES string of the molecule is COc1ccc(NCCNC(=O)[C@H](CCC2CCCCC2)NC(=O)c2ccc(OCc3ccccc3)cc2)cc1. The van der Waals surface area contributed by atoms with E-state index in [4.69, 9.17) is 9.47 Å².